The fourth-order valence-corrected chi connectivity index (χ4v) is 4.00. The van der Waals surface area contributed by atoms with Crippen molar-refractivity contribution < 1.29 is 27.1 Å². The van der Waals surface area contributed by atoms with E-state index in [-0.39, 0.29) is 17.1 Å². The number of halogens is 2. The van der Waals surface area contributed by atoms with Crippen LogP contribution in [0.3, 0.4) is 0 Å². The Bertz CT molecular complexity index is 999. The van der Waals surface area contributed by atoms with E-state index >= 15 is 0 Å². The van der Waals surface area contributed by atoms with Crippen LogP contribution in [0.5, 0.6) is 11.5 Å². The van der Waals surface area contributed by atoms with Crippen LogP contribution >= 0.6 is 15.9 Å². The van der Waals surface area contributed by atoms with Crippen molar-refractivity contribution in [3.63, 3.8) is 0 Å². The highest BCUT2D eigenvalue weighted by Gasteiger charge is 2.25. The number of carbonyl (C=O) groups excluding carboxylic acids is 1. The maximum Gasteiger partial charge on any atom is 0.245 e. The van der Waals surface area contributed by atoms with Crippen LogP contribution < -0.4 is 19.1 Å². The highest BCUT2D eigenvalue weighted by atomic mass is 79.9. The molecular formula is C18H18BrFN2O5S. The second kappa shape index (κ2) is 8.36. The molecule has 2 aromatic carbocycles. The monoisotopic (exact) mass is 472 g/mol. The molecule has 1 N–H and O–H groups in total. The molecule has 0 fully saturated rings. The van der Waals surface area contributed by atoms with E-state index in [1.165, 1.54) is 31.2 Å². The first-order valence-electron chi connectivity index (χ1n) is 8.45. The maximum absolute atomic E-state index is 14.0. The van der Waals surface area contributed by atoms with Gasteiger partial charge in [0.2, 0.25) is 15.9 Å². The van der Waals surface area contributed by atoms with Gasteiger partial charge in [0, 0.05) is 10.5 Å². The van der Waals surface area contributed by atoms with Crippen LogP contribution in [0.25, 0.3) is 0 Å². The van der Waals surface area contributed by atoms with Gasteiger partial charge in [0.1, 0.15) is 25.6 Å². The molecule has 0 spiro atoms. The van der Waals surface area contributed by atoms with Gasteiger partial charge in [-0.15, -0.1) is 0 Å². The second-order valence-corrected chi connectivity index (χ2v) is 9.01. The highest BCUT2D eigenvalue weighted by Crippen LogP contribution is 2.34. The molecule has 0 bridgehead atoms. The Kier molecular flexibility index (Phi) is 6.09. The van der Waals surface area contributed by atoms with E-state index in [9.17, 15) is 17.6 Å². The average Bonchev–Trinajstić information content (AvgIpc) is 2.68. The zero-order valence-electron chi connectivity index (χ0n) is 14.9. The van der Waals surface area contributed by atoms with Crippen molar-refractivity contribution in [1.29, 1.82) is 0 Å². The first-order valence-corrected chi connectivity index (χ1v) is 10.9. The van der Waals surface area contributed by atoms with Crippen LogP contribution in [-0.2, 0) is 14.8 Å². The van der Waals surface area contributed by atoms with Crippen LogP contribution in [0.2, 0.25) is 0 Å². The number of carbonyl (C=O) groups is 1. The van der Waals surface area contributed by atoms with Gasteiger partial charge in [0.15, 0.2) is 11.5 Å². The topological polar surface area (TPSA) is 84.9 Å². The number of ether oxygens (including phenoxy) is 2. The van der Waals surface area contributed by atoms with Gasteiger partial charge in [-0.3, -0.25) is 9.10 Å². The summed E-state index contributed by atoms with van der Waals surface area (Å²) in [6.07, 6.45) is 0. The van der Waals surface area contributed by atoms with Crippen molar-refractivity contribution >= 4 is 43.2 Å². The molecule has 2 aromatic rings. The average molecular weight is 473 g/mol. The van der Waals surface area contributed by atoms with Crippen molar-refractivity contribution in [3.05, 3.63) is 46.7 Å². The molecule has 7 nitrogen and oxygen atoms in total. The number of nitrogens with one attached hydrogen (secondary N) is 1. The minimum absolute atomic E-state index is 0.0378. The quantitative estimate of drug-likeness (QED) is 0.697. The lowest BCUT2D eigenvalue weighted by Crippen LogP contribution is -2.39. The predicted molar refractivity (Wildman–Crippen MR) is 107 cm³/mol. The van der Waals surface area contributed by atoms with Gasteiger partial charge in [-0.2, -0.15) is 0 Å². The van der Waals surface area contributed by atoms with Gasteiger partial charge >= 0.3 is 0 Å². The Morgan fingerprint density at radius 3 is 2.57 bits per heavy atom. The summed E-state index contributed by atoms with van der Waals surface area (Å²) in [7, 11) is -3.77. The number of hydrogen-bond donors (Lipinski definition) is 1. The summed E-state index contributed by atoms with van der Waals surface area (Å²) in [6.45, 7) is 1.72. The van der Waals surface area contributed by atoms with Crippen LogP contribution in [0.1, 0.15) is 6.92 Å². The molecule has 0 saturated carbocycles. The first kappa shape index (κ1) is 20.4. The molecule has 0 unspecified atom stereocenters. The molecule has 0 aromatic heterocycles. The summed E-state index contributed by atoms with van der Waals surface area (Å²) in [5, 5.41) is 2.40. The summed E-state index contributed by atoms with van der Waals surface area (Å²) in [5.41, 5.74) is 0.224. The molecule has 1 amide bonds. The Balaban J connectivity index is 1.85. The fraction of sp³-hybridized carbons (Fsp3) is 0.278. The van der Waals surface area contributed by atoms with Crippen LogP contribution in [0.4, 0.5) is 15.8 Å². The molecule has 3 rings (SSSR count). The lowest BCUT2D eigenvalue weighted by molar-refractivity contribution is -0.114. The molecule has 0 radical (unpaired) electrons. The van der Waals surface area contributed by atoms with E-state index in [4.69, 9.17) is 9.47 Å². The summed E-state index contributed by atoms with van der Waals surface area (Å²) in [5.74, 6) is -0.605. The van der Waals surface area contributed by atoms with Crippen molar-refractivity contribution in [2.45, 2.75) is 6.92 Å². The van der Waals surface area contributed by atoms with Crippen molar-refractivity contribution in [2.75, 3.05) is 35.1 Å². The third-order valence-electron chi connectivity index (χ3n) is 4.01. The lowest BCUT2D eigenvalue weighted by atomic mass is 10.2. The summed E-state index contributed by atoms with van der Waals surface area (Å²) >= 11 is 3.14. The number of hydrogen-bond acceptors (Lipinski definition) is 5. The summed E-state index contributed by atoms with van der Waals surface area (Å²) < 4.78 is 51.5. The molecule has 0 atom stereocenters. The molecule has 0 aliphatic carbocycles. The van der Waals surface area contributed by atoms with Crippen LogP contribution in [0, 0.1) is 5.82 Å². The Hall–Kier alpha value is -2.33. The summed E-state index contributed by atoms with van der Waals surface area (Å²) in [6, 6.07) is 8.80. The Labute approximate surface area is 170 Å². The molecular weight excluding hydrogens is 455 g/mol. The van der Waals surface area contributed by atoms with Crippen LogP contribution in [-0.4, -0.2) is 39.8 Å². The number of anilines is 2. The normalized spacial score (nSPS) is 13.1. The van der Waals surface area contributed by atoms with Gasteiger partial charge in [0.05, 0.1) is 17.1 Å². The third-order valence-corrected chi connectivity index (χ3v) is 6.24. The number of benzene rings is 2. The fourth-order valence-electron chi connectivity index (χ4n) is 2.60. The maximum atomic E-state index is 14.0. The van der Waals surface area contributed by atoms with E-state index in [0.29, 0.717) is 29.2 Å². The standard InChI is InChI=1S/C18H18BrFN2O5S/c1-2-28(24,25)22(13-4-6-16-17(10-13)27-8-7-26-16)11-18(23)21-15-5-3-12(19)9-14(15)20/h3-6,9-10H,2,7-8,11H2,1H3,(H,21,23). The number of rotatable bonds is 6. The van der Waals surface area contributed by atoms with E-state index in [1.807, 2.05) is 0 Å². The molecule has 1 aliphatic rings. The number of fused-ring (bicyclic) bond motifs is 1. The molecule has 150 valence electrons. The molecule has 28 heavy (non-hydrogen) atoms. The van der Waals surface area contributed by atoms with E-state index < -0.39 is 28.3 Å². The molecule has 1 aliphatic heterocycles. The van der Waals surface area contributed by atoms with Crippen LogP contribution in [0.15, 0.2) is 40.9 Å². The van der Waals surface area contributed by atoms with Crippen molar-refractivity contribution in [3.8, 4) is 11.5 Å². The smallest absolute Gasteiger partial charge is 0.245 e. The molecule has 10 heteroatoms. The zero-order chi connectivity index (χ0) is 20.3. The first-order chi connectivity index (χ1) is 13.3. The zero-order valence-corrected chi connectivity index (χ0v) is 17.3. The van der Waals surface area contributed by atoms with Gasteiger partial charge in [-0.1, -0.05) is 15.9 Å². The summed E-state index contributed by atoms with van der Waals surface area (Å²) in [4.78, 5) is 12.4. The van der Waals surface area contributed by atoms with Gasteiger partial charge in [0.25, 0.3) is 0 Å². The minimum atomic E-state index is -3.77. The van der Waals surface area contributed by atoms with Gasteiger partial charge in [-0.25, -0.2) is 12.8 Å². The van der Waals surface area contributed by atoms with Crippen molar-refractivity contribution in [2.24, 2.45) is 0 Å². The largest absolute Gasteiger partial charge is 0.486 e. The number of sulfonamides is 1. The molecule has 1 heterocycles. The van der Waals surface area contributed by atoms with E-state index in [2.05, 4.69) is 21.2 Å². The lowest BCUT2D eigenvalue weighted by Gasteiger charge is -2.25. The van der Waals surface area contributed by atoms with E-state index in [1.54, 1.807) is 12.1 Å². The SMILES string of the molecule is CCS(=O)(=O)N(CC(=O)Nc1ccc(Br)cc1F)c1ccc2c(c1)OCCO2. The van der Waals surface area contributed by atoms with E-state index in [0.717, 1.165) is 4.31 Å². The Morgan fingerprint density at radius 1 is 1.18 bits per heavy atom. The minimum Gasteiger partial charge on any atom is -0.486 e. The van der Waals surface area contributed by atoms with Gasteiger partial charge < -0.3 is 14.8 Å². The van der Waals surface area contributed by atoms with Crippen molar-refractivity contribution in [1.82, 2.24) is 0 Å². The predicted octanol–water partition coefficient (Wildman–Crippen LogP) is 3.15. The third kappa shape index (κ3) is 4.56. The molecule has 0 saturated heterocycles. The highest BCUT2D eigenvalue weighted by molar-refractivity contribution is 9.10. The van der Waals surface area contributed by atoms with Gasteiger partial charge in [-0.05, 0) is 37.3 Å². The number of amides is 1. The second-order valence-electron chi connectivity index (χ2n) is 5.91. The number of nitrogens with zero attached hydrogens (tertiary/aromatic N) is 1. The Morgan fingerprint density at radius 2 is 1.89 bits per heavy atom.